The quantitative estimate of drug-likeness (QED) is 0.711. The van der Waals surface area contributed by atoms with Crippen LogP contribution in [-0.4, -0.2) is 56.4 Å². The predicted molar refractivity (Wildman–Crippen MR) is 104 cm³/mol. The Morgan fingerprint density at radius 1 is 1.17 bits per heavy atom. The van der Waals surface area contributed by atoms with Gasteiger partial charge in [0.2, 0.25) is 5.82 Å². The van der Waals surface area contributed by atoms with Crippen LogP contribution in [0, 0.1) is 0 Å². The first-order valence-corrected chi connectivity index (χ1v) is 9.72. The molecular weight excluding hydrogens is 370 g/mol. The van der Waals surface area contributed by atoms with Crippen molar-refractivity contribution in [2.75, 3.05) is 19.7 Å². The zero-order chi connectivity index (χ0) is 19.8. The van der Waals surface area contributed by atoms with Crippen LogP contribution in [-0.2, 0) is 10.3 Å². The van der Waals surface area contributed by atoms with Crippen molar-refractivity contribution in [3.63, 3.8) is 0 Å². The lowest BCUT2D eigenvalue weighted by atomic mass is 9.92. The standard InChI is InChI=1S/C21H21N5O3/c27-20(26-11-5-10-21(28,13-26)19-22-24-25-23-19)29-12-18-16-8-3-1-6-14(16)15-7-2-4-9-17(15)18/h1-4,6-9,18,28H,5,10-13H2,(H,22,23,24,25). The molecule has 0 saturated carbocycles. The van der Waals surface area contributed by atoms with Crippen molar-refractivity contribution in [3.05, 3.63) is 65.5 Å². The van der Waals surface area contributed by atoms with Gasteiger partial charge >= 0.3 is 6.09 Å². The van der Waals surface area contributed by atoms with Crippen molar-refractivity contribution < 1.29 is 14.6 Å². The van der Waals surface area contributed by atoms with E-state index in [2.05, 4.69) is 44.9 Å². The topological polar surface area (TPSA) is 104 Å². The molecule has 1 aromatic heterocycles. The number of tetrazole rings is 1. The molecular formula is C21H21N5O3. The van der Waals surface area contributed by atoms with Crippen molar-refractivity contribution in [2.24, 2.45) is 0 Å². The summed E-state index contributed by atoms with van der Waals surface area (Å²) in [5, 5.41) is 24.5. The number of fused-ring (bicyclic) bond motifs is 3. The van der Waals surface area contributed by atoms with E-state index in [-0.39, 0.29) is 24.9 Å². The third-order valence-electron chi connectivity index (χ3n) is 5.83. The fourth-order valence-corrected chi connectivity index (χ4v) is 4.42. The summed E-state index contributed by atoms with van der Waals surface area (Å²) >= 11 is 0. The van der Waals surface area contributed by atoms with E-state index < -0.39 is 11.7 Å². The number of β-amino-alcohol motifs (C(OH)–C–C–N with tert-alkyl or cyclic N) is 1. The number of hydrogen-bond acceptors (Lipinski definition) is 6. The Hall–Kier alpha value is -3.26. The van der Waals surface area contributed by atoms with Crippen LogP contribution in [0.5, 0.6) is 0 Å². The number of hydrogen-bond donors (Lipinski definition) is 2. The van der Waals surface area contributed by atoms with E-state index >= 15 is 0 Å². The molecule has 2 aromatic carbocycles. The summed E-state index contributed by atoms with van der Waals surface area (Å²) in [6.07, 6.45) is 0.669. The number of rotatable bonds is 3. The SMILES string of the molecule is O=C(OCC1c2ccccc2-c2ccccc21)N1CCCC(O)(c2nn[nH]n2)C1. The summed E-state index contributed by atoms with van der Waals surface area (Å²) < 4.78 is 5.70. The van der Waals surface area contributed by atoms with Gasteiger partial charge in [-0.15, -0.1) is 10.2 Å². The Labute approximate surface area is 167 Å². The summed E-state index contributed by atoms with van der Waals surface area (Å²) in [6, 6.07) is 16.4. The van der Waals surface area contributed by atoms with Crippen molar-refractivity contribution in [1.82, 2.24) is 25.5 Å². The highest BCUT2D eigenvalue weighted by atomic mass is 16.6. The molecule has 0 radical (unpaired) electrons. The first-order valence-electron chi connectivity index (χ1n) is 9.72. The van der Waals surface area contributed by atoms with Gasteiger partial charge in [0.15, 0.2) is 0 Å². The van der Waals surface area contributed by atoms with Crippen LogP contribution >= 0.6 is 0 Å². The molecule has 3 aromatic rings. The third kappa shape index (κ3) is 3.05. The summed E-state index contributed by atoms with van der Waals surface area (Å²) in [6.45, 7) is 0.865. The summed E-state index contributed by atoms with van der Waals surface area (Å²) in [4.78, 5) is 14.3. The fourth-order valence-electron chi connectivity index (χ4n) is 4.42. The molecule has 5 rings (SSSR count). The molecule has 1 atom stereocenters. The molecule has 1 aliphatic heterocycles. The molecule has 0 spiro atoms. The lowest BCUT2D eigenvalue weighted by Gasteiger charge is -2.36. The maximum atomic E-state index is 12.8. The highest BCUT2D eigenvalue weighted by molar-refractivity contribution is 5.79. The Balaban J connectivity index is 1.31. The molecule has 1 amide bonds. The van der Waals surface area contributed by atoms with Crippen LogP contribution in [0.25, 0.3) is 11.1 Å². The zero-order valence-electron chi connectivity index (χ0n) is 15.8. The van der Waals surface area contributed by atoms with Gasteiger partial charge in [0.1, 0.15) is 12.2 Å². The monoisotopic (exact) mass is 391 g/mol. The smallest absolute Gasteiger partial charge is 0.409 e. The number of carbonyl (C=O) groups is 1. The average molecular weight is 391 g/mol. The number of carbonyl (C=O) groups excluding carboxylic acids is 1. The number of aromatic amines is 1. The number of benzene rings is 2. The first kappa shape index (κ1) is 17.8. The average Bonchev–Trinajstić information content (AvgIpc) is 3.40. The maximum absolute atomic E-state index is 12.8. The predicted octanol–water partition coefficient (Wildman–Crippen LogP) is 2.43. The molecule has 148 valence electrons. The summed E-state index contributed by atoms with van der Waals surface area (Å²) in [7, 11) is 0. The number of aromatic nitrogens is 4. The van der Waals surface area contributed by atoms with Gasteiger partial charge in [0.05, 0.1) is 6.54 Å². The molecule has 1 fully saturated rings. The second-order valence-corrected chi connectivity index (χ2v) is 7.60. The summed E-state index contributed by atoms with van der Waals surface area (Å²) in [5.41, 5.74) is 3.41. The molecule has 8 nitrogen and oxygen atoms in total. The molecule has 1 saturated heterocycles. The van der Waals surface area contributed by atoms with Crippen LogP contribution in [0.15, 0.2) is 48.5 Å². The van der Waals surface area contributed by atoms with E-state index in [0.717, 1.165) is 0 Å². The van der Waals surface area contributed by atoms with Gasteiger partial charge in [0.25, 0.3) is 0 Å². The minimum Gasteiger partial charge on any atom is -0.448 e. The van der Waals surface area contributed by atoms with Crippen LogP contribution in [0.1, 0.15) is 35.7 Å². The van der Waals surface area contributed by atoms with E-state index in [0.29, 0.717) is 19.4 Å². The van der Waals surface area contributed by atoms with Crippen LogP contribution in [0.2, 0.25) is 0 Å². The van der Waals surface area contributed by atoms with Gasteiger partial charge < -0.3 is 14.7 Å². The lowest BCUT2D eigenvalue weighted by molar-refractivity contribution is -0.0404. The molecule has 1 unspecified atom stereocenters. The fraction of sp³-hybridized carbons (Fsp3) is 0.333. The number of piperidine rings is 1. The lowest BCUT2D eigenvalue weighted by Crippen LogP contribution is -2.49. The van der Waals surface area contributed by atoms with Gasteiger partial charge in [-0.3, -0.25) is 0 Å². The first-order chi connectivity index (χ1) is 14.2. The van der Waals surface area contributed by atoms with E-state index in [4.69, 9.17) is 4.74 Å². The molecule has 29 heavy (non-hydrogen) atoms. The Morgan fingerprint density at radius 3 is 2.52 bits per heavy atom. The number of H-pyrrole nitrogens is 1. The maximum Gasteiger partial charge on any atom is 0.409 e. The van der Waals surface area contributed by atoms with E-state index in [1.54, 1.807) is 0 Å². The number of amides is 1. The molecule has 2 aliphatic rings. The van der Waals surface area contributed by atoms with Crippen molar-refractivity contribution in [2.45, 2.75) is 24.4 Å². The van der Waals surface area contributed by atoms with Gasteiger partial charge in [-0.2, -0.15) is 5.21 Å². The third-order valence-corrected chi connectivity index (χ3v) is 5.83. The second kappa shape index (κ2) is 6.97. The number of nitrogens with zero attached hydrogens (tertiary/aromatic N) is 4. The van der Waals surface area contributed by atoms with Crippen LogP contribution < -0.4 is 0 Å². The van der Waals surface area contributed by atoms with E-state index in [1.807, 2.05) is 24.3 Å². The zero-order valence-corrected chi connectivity index (χ0v) is 15.8. The largest absolute Gasteiger partial charge is 0.448 e. The molecule has 2 heterocycles. The van der Waals surface area contributed by atoms with E-state index in [9.17, 15) is 9.90 Å². The highest BCUT2D eigenvalue weighted by Gasteiger charge is 2.41. The van der Waals surface area contributed by atoms with Crippen molar-refractivity contribution in [1.29, 1.82) is 0 Å². The number of ether oxygens (including phenoxy) is 1. The molecule has 0 bridgehead atoms. The Bertz CT molecular complexity index is 993. The normalized spacial score (nSPS) is 20.9. The Kier molecular flexibility index (Phi) is 4.28. The van der Waals surface area contributed by atoms with Crippen LogP contribution in [0.4, 0.5) is 4.79 Å². The molecule has 8 heteroatoms. The van der Waals surface area contributed by atoms with Crippen molar-refractivity contribution >= 4 is 6.09 Å². The van der Waals surface area contributed by atoms with Crippen molar-refractivity contribution in [3.8, 4) is 11.1 Å². The number of nitrogens with one attached hydrogen (secondary N) is 1. The summed E-state index contributed by atoms with van der Waals surface area (Å²) in [5.74, 6) is 0.209. The van der Waals surface area contributed by atoms with Gasteiger partial charge in [-0.05, 0) is 35.1 Å². The van der Waals surface area contributed by atoms with Gasteiger partial charge in [-0.1, -0.05) is 53.7 Å². The second-order valence-electron chi connectivity index (χ2n) is 7.60. The minimum absolute atomic E-state index is 0.00670. The highest BCUT2D eigenvalue weighted by Crippen LogP contribution is 2.44. The number of aliphatic hydroxyl groups is 1. The Morgan fingerprint density at radius 2 is 1.86 bits per heavy atom. The van der Waals surface area contributed by atoms with Gasteiger partial charge in [0, 0.05) is 12.5 Å². The van der Waals surface area contributed by atoms with Crippen LogP contribution in [0.3, 0.4) is 0 Å². The van der Waals surface area contributed by atoms with Gasteiger partial charge in [-0.25, -0.2) is 4.79 Å². The molecule has 1 aliphatic carbocycles. The molecule has 2 N–H and O–H groups in total. The minimum atomic E-state index is -1.31. The number of likely N-dealkylation sites (tertiary alicyclic amines) is 1. The van der Waals surface area contributed by atoms with E-state index in [1.165, 1.54) is 27.2 Å².